The minimum atomic E-state index is -6.03. The summed E-state index contributed by atoms with van der Waals surface area (Å²) >= 11 is 0. The van der Waals surface area contributed by atoms with E-state index in [1.54, 1.807) is 24.3 Å². The second-order valence-corrected chi connectivity index (χ2v) is 24.3. The summed E-state index contributed by atoms with van der Waals surface area (Å²) in [5.74, 6) is -5.30. The van der Waals surface area contributed by atoms with E-state index in [1.165, 1.54) is 9.80 Å². The first kappa shape index (κ1) is 61.4. The fraction of sp³-hybridized carbons (Fsp3) is 0.359. The van der Waals surface area contributed by atoms with Gasteiger partial charge in [0.1, 0.15) is 29.9 Å². The van der Waals surface area contributed by atoms with Crippen LogP contribution >= 0.6 is 7.60 Å². The number of alkyl halides is 2. The zero-order valence-electron chi connectivity index (χ0n) is 47.6. The number of hydrogen-bond donors (Lipinski definition) is 7. The maximum atomic E-state index is 15.1. The number of rotatable bonds is 24. The summed E-state index contributed by atoms with van der Waals surface area (Å²) in [7, 11) is -6.03. The van der Waals surface area contributed by atoms with Gasteiger partial charge < -0.3 is 36.4 Å². The van der Waals surface area contributed by atoms with Crippen LogP contribution in [-0.4, -0.2) is 96.6 Å². The van der Waals surface area contributed by atoms with Crippen molar-refractivity contribution in [1.82, 2.24) is 30.7 Å². The van der Waals surface area contributed by atoms with Crippen molar-refractivity contribution < 1.29 is 66.3 Å². The lowest BCUT2D eigenvalue weighted by atomic mass is 9.98. The van der Waals surface area contributed by atoms with Crippen molar-refractivity contribution in [3.8, 4) is 0 Å². The number of nitrogens with zero attached hydrogens (tertiary/aromatic N) is 3. The molecule has 5 aromatic carbocycles. The summed E-state index contributed by atoms with van der Waals surface area (Å²) in [6, 6.07) is 27.9. The van der Waals surface area contributed by atoms with Crippen molar-refractivity contribution in [1.29, 1.82) is 0 Å². The third kappa shape index (κ3) is 13.2. The third-order valence-corrected chi connectivity index (χ3v) is 17.9. The number of fused-ring (bicyclic) bond motifs is 2. The highest BCUT2D eigenvalue weighted by atomic mass is 31.2. The van der Waals surface area contributed by atoms with E-state index in [-0.39, 0.29) is 79.8 Å². The van der Waals surface area contributed by atoms with Crippen LogP contribution in [0.15, 0.2) is 121 Å². The SMILES string of the molecule is NC(=O)CC[C@H](NC(=O)[C@@H]1Cc2cccc3c2N1C(=O)[C@@H](NC(=O)c1cc2cc(C(F)(F)P(=O)(O)O)ccc2n1C(=O)CCCCCCCCCc1cccc2c1CN(C1CCC(=O)NC1=O)C2=O)CC3)C(=O)NC(c1ccccc1)c1ccccc1. The van der Waals surface area contributed by atoms with Gasteiger partial charge in [-0.3, -0.25) is 62.5 Å². The predicted octanol–water partition coefficient (Wildman–Crippen LogP) is 7.29. The maximum absolute atomic E-state index is 15.1. The van der Waals surface area contributed by atoms with Gasteiger partial charge in [0.2, 0.25) is 41.4 Å². The molecule has 1 unspecified atom stereocenters. The van der Waals surface area contributed by atoms with E-state index < -0.39 is 90.4 Å². The molecular formula is C64H67F2N8O12P. The molecule has 8 amide bonds. The van der Waals surface area contributed by atoms with Crippen molar-refractivity contribution in [2.75, 3.05) is 4.90 Å². The second kappa shape index (κ2) is 26.1. The summed E-state index contributed by atoms with van der Waals surface area (Å²) < 4.78 is 43.3. The van der Waals surface area contributed by atoms with Crippen LogP contribution in [0.2, 0.25) is 0 Å². The topological polar surface area (TPSA) is 297 Å². The Morgan fingerprint density at radius 1 is 0.747 bits per heavy atom. The average molecular weight is 1210 g/mol. The number of anilines is 1. The number of nitrogens with one attached hydrogen (secondary N) is 4. The number of primary amides is 1. The number of aryl methyl sites for hydroxylation is 2. The predicted molar refractivity (Wildman–Crippen MR) is 316 cm³/mol. The number of amides is 8. The number of halogens is 2. The van der Waals surface area contributed by atoms with Crippen LogP contribution < -0.4 is 31.9 Å². The molecule has 1 fully saturated rings. The molecule has 0 radical (unpaired) electrons. The van der Waals surface area contributed by atoms with Crippen LogP contribution in [-0.2, 0) is 64.8 Å². The smallest absolute Gasteiger partial charge is 0.370 e. The minimum Gasteiger partial charge on any atom is -0.370 e. The van der Waals surface area contributed by atoms with Gasteiger partial charge in [-0.05, 0) is 103 Å². The average Bonchev–Trinajstić information content (AvgIpc) is 1.77. The van der Waals surface area contributed by atoms with Gasteiger partial charge in [0.15, 0.2) is 0 Å². The molecule has 20 nitrogen and oxygen atoms in total. The summed E-state index contributed by atoms with van der Waals surface area (Å²) in [5, 5.41) is 10.8. The zero-order chi connectivity index (χ0) is 61.7. The molecule has 23 heteroatoms. The monoisotopic (exact) mass is 1210 g/mol. The van der Waals surface area contributed by atoms with E-state index in [1.807, 2.05) is 72.8 Å². The van der Waals surface area contributed by atoms with Crippen molar-refractivity contribution in [3.63, 3.8) is 0 Å². The number of aromatic nitrogens is 1. The Morgan fingerprint density at radius 3 is 2.09 bits per heavy atom. The van der Waals surface area contributed by atoms with Crippen LogP contribution in [0.25, 0.3) is 10.9 Å². The van der Waals surface area contributed by atoms with Gasteiger partial charge in [0.05, 0.1) is 17.2 Å². The lowest BCUT2D eigenvalue weighted by Gasteiger charge is -2.30. The molecule has 0 spiro atoms. The standard InChI is InChI=1S/C64H67F2N8O12P/c65-64(66,87(84,85)86)44-27-30-49-43(34-44)36-51(73(49)55(77)25-13-5-3-1-2-4-8-16-38-21-15-24-45-46(38)37-72(62(45)82)50-31-33-54(76)70-59(50)79)60(80)69-48-28-26-41-22-14-23-42-35-52(74(57(41)42)63(48)83)61(81)68-47(29-32-53(67)75)58(78)71-56(39-17-9-6-10-18-39)40-19-11-7-12-20-40/h6-7,9-12,14-15,17-24,27,30,34,36,47-48,50,52,56H,1-5,8,13,16,25-26,28-29,31-33,35,37H2,(H2,67,75)(H,68,81)(H,69,80)(H,71,78)(H,70,76,79)(H2,84,85,86)/t47-,48-,50?,52-/m0/s1. The number of carbonyl (C=O) groups is 9. The molecule has 1 aromatic heterocycles. The fourth-order valence-corrected chi connectivity index (χ4v) is 12.9. The molecule has 8 N–H and O–H groups in total. The highest BCUT2D eigenvalue weighted by Gasteiger charge is 2.51. The van der Waals surface area contributed by atoms with Crippen molar-refractivity contribution in [3.05, 3.63) is 172 Å². The molecule has 10 rings (SSSR count). The largest absolute Gasteiger partial charge is 0.399 e. The van der Waals surface area contributed by atoms with Crippen LogP contribution in [0, 0.1) is 0 Å². The Balaban J connectivity index is 0.806. The van der Waals surface area contributed by atoms with Crippen LogP contribution in [0.5, 0.6) is 0 Å². The summed E-state index contributed by atoms with van der Waals surface area (Å²) in [6.45, 7) is 0.298. The Bertz CT molecular complexity index is 3700. The number of carbonyl (C=O) groups excluding carboxylic acids is 9. The first-order valence-electron chi connectivity index (χ1n) is 29.3. The second-order valence-electron chi connectivity index (χ2n) is 22.7. The fourth-order valence-electron chi connectivity index (χ4n) is 12.4. The molecule has 454 valence electrons. The number of nitrogens with two attached hydrogens (primary N) is 1. The van der Waals surface area contributed by atoms with Gasteiger partial charge in [-0.2, -0.15) is 8.78 Å². The van der Waals surface area contributed by atoms with Crippen LogP contribution in [0.1, 0.15) is 154 Å². The van der Waals surface area contributed by atoms with Gasteiger partial charge >= 0.3 is 13.3 Å². The van der Waals surface area contributed by atoms with E-state index >= 15 is 8.78 Å². The lowest BCUT2D eigenvalue weighted by molar-refractivity contribution is -0.137. The van der Waals surface area contributed by atoms with Gasteiger partial charge in [0.25, 0.3) is 11.8 Å². The molecule has 1 saturated heterocycles. The number of imide groups is 1. The number of unbranched alkanes of at least 4 members (excludes halogenated alkanes) is 6. The summed E-state index contributed by atoms with van der Waals surface area (Å²) in [5.41, 5.74) is 5.36. The van der Waals surface area contributed by atoms with Crippen LogP contribution in [0.3, 0.4) is 0 Å². The highest BCUT2D eigenvalue weighted by molar-refractivity contribution is 7.52. The van der Waals surface area contributed by atoms with E-state index in [0.717, 1.165) is 89.6 Å². The number of hydrogen-bond acceptors (Lipinski definition) is 10. The summed E-state index contributed by atoms with van der Waals surface area (Å²) in [6.07, 6.45) is 6.19. The highest BCUT2D eigenvalue weighted by Crippen LogP contribution is 2.59. The Kier molecular flexibility index (Phi) is 18.4. The summed E-state index contributed by atoms with van der Waals surface area (Å²) in [4.78, 5) is 145. The molecule has 4 aliphatic heterocycles. The van der Waals surface area contributed by atoms with Crippen molar-refractivity contribution >= 4 is 77.4 Å². The maximum Gasteiger partial charge on any atom is 0.399 e. The molecule has 4 atom stereocenters. The third-order valence-electron chi connectivity index (χ3n) is 16.9. The number of benzene rings is 5. The Morgan fingerprint density at radius 2 is 1.41 bits per heavy atom. The zero-order valence-corrected chi connectivity index (χ0v) is 48.4. The lowest BCUT2D eigenvalue weighted by Crippen LogP contribution is -2.57. The van der Waals surface area contributed by atoms with Gasteiger partial charge in [0, 0.05) is 48.7 Å². The molecule has 87 heavy (non-hydrogen) atoms. The van der Waals surface area contributed by atoms with Gasteiger partial charge in [-0.1, -0.05) is 129 Å². The van der Waals surface area contributed by atoms with Gasteiger partial charge in [-0.25, -0.2) is 0 Å². The molecule has 0 saturated carbocycles. The first-order chi connectivity index (χ1) is 41.7. The molecule has 4 aliphatic rings. The van der Waals surface area contributed by atoms with E-state index in [2.05, 4.69) is 21.3 Å². The Hall–Kier alpha value is -8.72. The molecule has 5 heterocycles. The molecule has 6 aromatic rings. The van der Waals surface area contributed by atoms with Crippen LogP contribution in [0.4, 0.5) is 14.5 Å². The van der Waals surface area contributed by atoms with Gasteiger partial charge in [-0.15, -0.1) is 0 Å². The van der Waals surface area contributed by atoms with Crippen molar-refractivity contribution in [2.45, 2.75) is 145 Å². The normalized spacial score (nSPS) is 17.8. The van der Waals surface area contributed by atoms with E-state index in [4.69, 9.17) is 5.73 Å². The van der Waals surface area contributed by atoms with Crippen molar-refractivity contribution in [2.24, 2.45) is 5.73 Å². The number of para-hydroxylation sites is 1. The van der Waals surface area contributed by atoms with E-state index in [9.17, 15) is 57.5 Å². The minimum absolute atomic E-state index is 0.00168. The quantitative estimate of drug-likeness (QED) is 0.0179. The molecule has 0 bridgehead atoms. The first-order valence-corrected chi connectivity index (χ1v) is 30.9. The van der Waals surface area contributed by atoms with E-state index in [0.29, 0.717) is 41.8 Å². The number of piperidine rings is 1. The molecular weight excluding hydrogens is 1140 g/mol. The Labute approximate surface area is 499 Å². The molecule has 0 aliphatic carbocycles.